The molecule has 0 heterocycles. The molecular formula is C13H21NS. The maximum Gasteiger partial charge on any atom is 0.0603 e. The van der Waals surface area contributed by atoms with Crippen LogP contribution < -0.4 is 0 Å². The summed E-state index contributed by atoms with van der Waals surface area (Å²) in [7, 11) is 0. The van der Waals surface area contributed by atoms with Gasteiger partial charge in [0.1, 0.15) is 0 Å². The van der Waals surface area contributed by atoms with E-state index in [0.29, 0.717) is 6.04 Å². The lowest BCUT2D eigenvalue weighted by molar-refractivity contribution is 0.187. The molecule has 1 nitrogen and oxygen atoms in total. The highest BCUT2D eigenvalue weighted by Crippen LogP contribution is 2.38. The van der Waals surface area contributed by atoms with Gasteiger partial charge in [-0.2, -0.15) is 0 Å². The molecule has 0 N–H and O–H groups in total. The lowest BCUT2D eigenvalue weighted by Gasteiger charge is -2.34. The Kier molecular flexibility index (Phi) is 4.34. The molecule has 0 spiro atoms. The van der Waals surface area contributed by atoms with Crippen molar-refractivity contribution in [2.24, 2.45) is 16.8 Å². The predicted molar refractivity (Wildman–Crippen MR) is 67.3 cm³/mol. The van der Waals surface area contributed by atoms with E-state index in [1.54, 1.807) is 0 Å². The zero-order valence-corrected chi connectivity index (χ0v) is 10.3. The Hall–Kier alpha value is -0.200. The first-order chi connectivity index (χ1) is 7.40. The smallest absolute Gasteiger partial charge is 0.0603 e. The maximum atomic E-state index is 4.67. The molecule has 2 aliphatic rings. The molecule has 2 heteroatoms. The molecule has 0 aliphatic heterocycles. The average molecular weight is 223 g/mol. The van der Waals surface area contributed by atoms with Gasteiger partial charge < -0.3 is 0 Å². The first-order valence-electron chi connectivity index (χ1n) is 6.47. The number of aliphatic imine (C=N–C) groups is 1. The van der Waals surface area contributed by atoms with Crippen LogP contribution in [0.4, 0.5) is 0 Å². The van der Waals surface area contributed by atoms with Crippen LogP contribution >= 0.6 is 12.2 Å². The largest absolute Gasteiger partial charge is 0.229 e. The number of rotatable bonds is 2. The average Bonchev–Trinajstić information content (AvgIpc) is 2.32. The van der Waals surface area contributed by atoms with Gasteiger partial charge in [0.15, 0.2) is 0 Å². The van der Waals surface area contributed by atoms with Crippen molar-refractivity contribution in [1.29, 1.82) is 0 Å². The fourth-order valence-electron chi connectivity index (χ4n) is 3.38. The highest BCUT2D eigenvalue weighted by molar-refractivity contribution is 7.78. The molecule has 0 unspecified atom stereocenters. The SMILES string of the molecule is S=C=NC1CCC(C2CCCCC2)CC1. The quantitative estimate of drug-likeness (QED) is 0.504. The van der Waals surface area contributed by atoms with Crippen molar-refractivity contribution in [3.8, 4) is 0 Å². The van der Waals surface area contributed by atoms with Crippen molar-refractivity contribution in [1.82, 2.24) is 0 Å². The van der Waals surface area contributed by atoms with Gasteiger partial charge in [0.25, 0.3) is 0 Å². The first kappa shape index (κ1) is 11.3. The van der Waals surface area contributed by atoms with Crippen LogP contribution in [-0.4, -0.2) is 11.2 Å². The number of isothiocyanates is 1. The molecule has 0 saturated heterocycles. The second-order valence-corrected chi connectivity index (χ2v) is 5.37. The summed E-state index contributed by atoms with van der Waals surface area (Å²) in [6, 6.07) is 0.502. The van der Waals surface area contributed by atoms with Crippen molar-refractivity contribution in [3.63, 3.8) is 0 Å². The Labute approximate surface area is 98.4 Å². The molecule has 15 heavy (non-hydrogen) atoms. The fourth-order valence-corrected chi connectivity index (χ4v) is 3.53. The molecule has 2 rings (SSSR count). The van der Waals surface area contributed by atoms with E-state index in [9.17, 15) is 0 Å². The zero-order valence-electron chi connectivity index (χ0n) is 9.45. The topological polar surface area (TPSA) is 12.4 Å². The highest BCUT2D eigenvalue weighted by atomic mass is 32.1. The van der Waals surface area contributed by atoms with Crippen LogP contribution in [0.1, 0.15) is 57.8 Å². The van der Waals surface area contributed by atoms with Crippen molar-refractivity contribution < 1.29 is 0 Å². The first-order valence-corrected chi connectivity index (χ1v) is 6.88. The third kappa shape index (κ3) is 3.12. The number of thiocarbonyl (C=S) groups is 1. The monoisotopic (exact) mass is 223 g/mol. The van der Waals surface area contributed by atoms with E-state index in [-0.39, 0.29) is 0 Å². The van der Waals surface area contributed by atoms with Gasteiger partial charge in [-0.05, 0) is 49.7 Å². The molecule has 0 bridgehead atoms. The molecule has 84 valence electrons. The summed E-state index contributed by atoms with van der Waals surface area (Å²) in [5.74, 6) is 2.04. The summed E-state index contributed by atoms with van der Waals surface area (Å²) in [6.07, 6.45) is 12.7. The third-order valence-corrected chi connectivity index (χ3v) is 4.40. The van der Waals surface area contributed by atoms with Gasteiger partial charge in [-0.25, -0.2) is 4.99 Å². The lowest BCUT2D eigenvalue weighted by atomic mass is 9.72. The van der Waals surface area contributed by atoms with Gasteiger partial charge in [-0.15, -0.1) is 0 Å². The minimum absolute atomic E-state index is 0.502. The predicted octanol–water partition coefficient (Wildman–Crippen LogP) is 4.23. The summed E-state index contributed by atoms with van der Waals surface area (Å²) in [6.45, 7) is 0. The lowest BCUT2D eigenvalue weighted by Crippen LogP contribution is -2.24. The van der Waals surface area contributed by atoms with Gasteiger partial charge in [-0.3, -0.25) is 0 Å². The molecule has 2 aliphatic carbocycles. The fraction of sp³-hybridized carbons (Fsp3) is 0.923. The van der Waals surface area contributed by atoms with E-state index in [1.807, 2.05) is 0 Å². The minimum atomic E-state index is 0.502. The van der Waals surface area contributed by atoms with Crippen LogP contribution in [0.3, 0.4) is 0 Å². The van der Waals surface area contributed by atoms with Crippen molar-refractivity contribution in [3.05, 3.63) is 0 Å². The van der Waals surface area contributed by atoms with Crippen molar-refractivity contribution >= 4 is 17.4 Å². The Morgan fingerprint density at radius 2 is 1.40 bits per heavy atom. The number of hydrogen-bond donors (Lipinski definition) is 0. The Morgan fingerprint density at radius 1 is 0.800 bits per heavy atom. The summed E-state index contributed by atoms with van der Waals surface area (Å²) in [4.78, 5) is 4.23. The van der Waals surface area contributed by atoms with Gasteiger partial charge in [0.05, 0.1) is 11.2 Å². The summed E-state index contributed by atoms with van der Waals surface area (Å²) in [5, 5.41) is 2.54. The third-order valence-electron chi connectivity index (χ3n) is 4.29. The molecular weight excluding hydrogens is 202 g/mol. The van der Waals surface area contributed by atoms with Crippen LogP contribution in [0.25, 0.3) is 0 Å². The molecule has 0 radical (unpaired) electrons. The number of nitrogens with zero attached hydrogens (tertiary/aromatic N) is 1. The molecule has 0 atom stereocenters. The van der Waals surface area contributed by atoms with E-state index in [0.717, 1.165) is 11.8 Å². The molecule has 0 amide bonds. The number of hydrogen-bond acceptors (Lipinski definition) is 2. The van der Waals surface area contributed by atoms with E-state index < -0.39 is 0 Å². The van der Waals surface area contributed by atoms with Gasteiger partial charge in [0.2, 0.25) is 0 Å². The standard InChI is InChI=1S/C13H21NS/c15-10-14-13-8-6-12(7-9-13)11-4-2-1-3-5-11/h11-13H,1-9H2. The second-order valence-electron chi connectivity index (χ2n) is 5.19. The van der Waals surface area contributed by atoms with Crippen molar-refractivity contribution in [2.45, 2.75) is 63.8 Å². The van der Waals surface area contributed by atoms with Crippen LogP contribution in [0.2, 0.25) is 0 Å². The Bertz CT molecular complexity index is 231. The van der Waals surface area contributed by atoms with Crippen LogP contribution in [-0.2, 0) is 0 Å². The normalized spacial score (nSPS) is 33.3. The maximum absolute atomic E-state index is 4.67. The van der Waals surface area contributed by atoms with Crippen LogP contribution in [0.5, 0.6) is 0 Å². The van der Waals surface area contributed by atoms with E-state index in [2.05, 4.69) is 22.4 Å². The molecule has 0 aromatic heterocycles. The Morgan fingerprint density at radius 3 is 2.00 bits per heavy atom. The Balaban J connectivity index is 1.79. The molecule has 2 fully saturated rings. The molecule has 0 aromatic carbocycles. The minimum Gasteiger partial charge on any atom is -0.229 e. The summed E-state index contributed by atoms with van der Waals surface area (Å²) < 4.78 is 0. The van der Waals surface area contributed by atoms with Crippen LogP contribution in [0.15, 0.2) is 4.99 Å². The molecule has 0 aromatic rings. The summed E-state index contributed by atoms with van der Waals surface area (Å²) in [5.41, 5.74) is 0. The van der Waals surface area contributed by atoms with E-state index >= 15 is 0 Å². The van der Waals surface area contributed by atoms with Crippen molar-refractivity contribution in [2.75, 3.05) is 0 Å². The van der Waals surface area contributed by atoms with E-state index in [1.165, 1.54) is 57.8 Å². The second kappa shape index (κ2) is 5.77. The summed E-state index contributed by atoms with van der Waals surface area (Å²) >= 11 is 4.67. The van der Waals surface area contributed by atoms with Crippen LogP contribution in [0, 0.1) is 11.8 Å². The highest BCUT2D eigenvalue weighted by Gasteiger charge is 2.28. The molecule has 2 saturated carbocycles. The van der Waals surface area contributed by atoms with Gasteiger partial charge in [0, 0.05) is 0 Å². The zero-order chi connectivity index (χ0) is 10.5. The van der Waals surface area contributed by atoms with E-state index in [4.69, 9.17) is 0 Å². The van der Waals surface area contributed by atoms with Gasteiger partial charge >= 0.3 is 0 Å². The van der Waals surface area contributed by atoms with Gasteiger partial charge in [-0.1, -0.05) is 32.1 Å².